The summed E-state index contributed by atoms with van der Waals surface area (Å²) in [7, 11) is 0. The van der Waals surface area contributed by atoms with Crippen molar-refractivity contribution in [2.75, 3.05) is 49.2 Å². The van der Waals surface area contributed by atoms with Crippen LogP contribution in [0.3, 0.4) is 0 Å². The third-order valence-electron chi connectivity index (χ3n) is 9.63. The largest absolute Gasteiger partial charge is 0.491 e. The Bertz CT molecular complexity index is 2130. The molecule has 3 aromatic carbocycles. The quantitative estimate of drug-likeness (QED) is 0.194. The second-order valence-corrected chi connectivity index (χ2v) is 12.9. The van der Waals surface area contributed by atoms with E-state index in [1.807, 2.05) is 55.5 Å². The highest BCUT2D eigenvalue weighted by Gasteiger charge is 2.46. The lowest BCUT2D eigenvalue weighted by Gasteiger charge is -2.37. The van der Waals surface area contributed by atoms with Crippen LogP contribution in [0.25, 0.3) is 16.7 Å². The zero-order chi connectivity index (χ0) is 34.8. The molecule has 0 bridgehead atoms. The third kappa shape index (κ3) is 6.67. The van der Waals surface area contributed by atoms with E-state index in [0.29, 0.717) is 18.9 Å². The van der Waals surface area contributed by atoms with Crippen LogP contribution in [-0.2, 0) is 21.8 Å². The summed E-state index contributed by atoms with van der Waals surface area (Å²) < 4.78 is 22.1. The summed E-state index contributed by atoms with van der Waals surface area (Å²) >= 11 is 0. The summed E-state index contributed by atoms with van der Waals surface area (Å²) in [5, 5.41) is 12.8. The number of nitrogens with zero attached hydrogens (tertiary/aromatic N) is 10. The molecule has 3 aromatic heterocycles. The molecule has 14 nitrogen and oxygen atoms in total. The lowest BCUT2D eigenvalue weighted by Crippen LogP contribution is -2.46. The van der Waals surface area contributed by atoms with Gasteiger partial charge in [-0.05, 0) is 74.0 Å². The van der Waals surface area contributed by atoms with Gasteiger partial charge in [-0.25, -0.2) is 19.0 Å². The van der Waals surface area contributed by atoms with Gasteiger partial charge in [0.1, 0.15) is 37.0 Å². The van der Waals surface area contributed by atoms with Crippen molar-refractivity contribution < 1.29 is 14.2 Å². The Hall–Kier alpha value is -5.60. The highest BCUT2D eigenvalue weighted by Crippen LogP contribution is 2.35. The minimum absolute atomic E-state index is 0.0656. The van der Waals surface area contributed by atoms with Gasteiger partial charge in [0.15, 0.2) is 0 Å². The van der Waals surface area contributed by atoms with Crippen molar-refractivity contribution in [3.05, 3.63) is 114 Å². The molecule has 5 heterocycles. The first kappa shape index (κ1) is 32.6. The van der Waals surface area contributed by atoms with E-state index in [-0.39, 0.29) is 24.4 Å². The Morgan fingerprint density at radius 1 is 0.863 bits per heavy atom. The predicted molar refractivity (Wildman–Crippen MR) is 191 cm³/mol. The fourth-order valence-electron chi connectivity index (χ4n) is 6.56. The molecule has 2 fully saturated rings. The van der Waals surface area contributed by atoms with Crippen LogP contribution in [0.1, 0.15) is 32.0 Å². The van der Waals surface area contributed by atoms with Crippen LogP contribution in [0.4, 0.5) is 11.4 Å². The molecule has 0 aliphatic carbocycles. The molecule has 0 N–H and O–H groups in total. The van der Waals surface area contributed by atoms with Gasteiger partial charge in [-0.1, -0.05) is 19.1 Å². The number of hydrogen-bond acceptors (Lipinski definition) is 11. The van der Waals surface area contributed by atoms with Crippen LogP contribution in [0, 0.1) is 0 Å². The summed E-state index contributed by atoms with van der Waals surface area (Å²) in [6, 6.07) is 24.1. The first-order valence-electron chi connectivity index (χ1n) is 17.4. The van der Waals surface area contributed by atoms with E-state index in [0.717, 1.165) is 66.4 Å². The van der Waals surface area contributed by atoms with Crippen molar-refractivity contribution in [2.45, 2.75) is 44.7 Å². The Morgan fingerprint density at radius 2 is 1.51 bits per heavy atom. The van der Waals surface area contributed by atoms with Crippen LogP contribution in [0.15, 0.2) is 103 Å². The molecule has 6 aromatic rings. The molecule has 262 valence electrons. The number of aromatic nitrogens is 8. The van der Waals surface area contributed by atoms with E-state index >= 15 is 0 Å². The highest BCUT2D eigenvalue weighted by atomic mass is 16.8. The topological polar surface area (TPSA) is 130 Å². The Labute approximate surface area is 294 Å². The number of rotatable bonds is 11. The molecule has 51 heavy (non-hydrogen) atoms. The van der Waals surface area contributed by atoms with Crippen molar-refractivity contribution in [1.82, 2.24) is 39.3 Å². The summed E-state index contributed by atoms with van der Waals surface area (Å²) in [6.07, 6.45) is 7.05. The molecular weight excluding hydrogens is 648 g/mol. The maximum Gasteiger partial charge on any atom is 0.350 e. The molecule has 0 spiro atoms. The van der Waals surface area contributed by atoms with Gasteiger partial charge < -0.3 is 24.0 Å². The van der Waals surface area contributed by atoms with Gasteiger partial charge in [-0.2, -0.15) is 20.1 Å². The van der Waals surface area contributed by atoms with Gasteiger partial charge in [-0.3, -0.25) is 4.98 Å². The first-order valence-corrected chi connectivity index (χ1v) is 17.4. The van der Waals surface area contributed by atoms with Gasteiger partial charge in [-0.15, -0.1) is 0 Å². The van der Waals surface area contributed by atoms with E-state index in [9.17, 15) is 4.79 Å². The molecule has 8 rings (SSSR count). The number of ether oxygens (including phenoxy) is 3. The van der Waals surface area contributed by atoms with Crippen molar-refractivity contribution in [2.24, 2.45) is 0 Å². The summed E-state index contributed by atoms with van der Waals surface area (Å²) in [6.45, 7) is 8.46. The molecule has 3 atom stereocenters. The zero-order valence-electron chi connectivity index (χ0n) is 28.7. The first-order chi connectivity index (χ1) is 25.0. The number of piperazine rings is 1. The standard InChI is InChI=1S/C37H40N10O4/c1-3-27(2)47-36(48)45(26-41-47)30-10-8-28(9-11-30)43-18-20-44(21-19-43)29-12-14-31(15-13-29)49-23-32-24-50-37(51-32,25-46-39-16-17-40-46)35-22-38-33-6-4-5-7-34(33)42-35/h4-17,22,26-27,32H,3,18-21,23-25H2,1-2H3. The highest BCUT2D eigenvalue weighted by molar-refractivity contribution is 5.73. The number of anilines is 2. The minimum atomic E-state index is -1.20. The SMILES string of the molecule is CCC(C)n1ncn(-c2ccc(N3CCN(c4ccc(OCC5COC(Cn6nccn6)(c6cnc7ccccc7n6)O5)cc4)CC3)cc2)c1=O. The van der Waals surface area contributed by atoms with Crippen LogP contribution in [0.2, 0.25) is 0 Å². The maximum atomic E-state index is 12.8. The minimum Gasteiger partial charge on any atom is -0.491 e. The molecule has 0 amide bonds. The molecule has 0 saturated carbocycles. The lowest BCUT2D eigenvalue weighted by atomic mass is 10.2. The Balaban J connectivity index is 0.859. The fraction of sp³-hybridized carbons (Fsp3) is 0.351. The summed E-state index contributed by atoms with van der Waals surface area (Å²) in [4.78, 5) is 28.5. The lowest BCUT2D eigenvalue weighted by molar-refractivity contribution is -0.195. The summed E-state index contributed by atoms with van der Waals surface area (Å²) in [5.41, 5.74) is 5.10. The average molecular weight is 689 g/mol. The third-order valence-corrected chi connectivity index (χ3v) is 9.63. The zero-order valence-corrected chi connectivity index (χ0v) is 28.7. The van der Waals surface area contributed by atoms with Crippen molar-refractivity contribution in [3.8, 4) is 11.4 Å². The smallest absolute Gasteiger partial charge is 0.350 e. The maximum absolute atomic E-state index is 12.8. The van der Waals surface area contributed by atoms with E-state index in [4.69, 9.17) is 19.2 Å². The van der Waals surface area contributed by atoms with Gasteiger partial charge in [0.05, 0.1) is 48.0 Å². The Kier molecular flexibility index (Phi) is 8.92. The summed E-state index contributed by atoms with van der Waals surface area (Å²) in [5.74, 6) is -0.443. The molecule has 3 unspecified atom stereocenters. The molecular formula is C37H40N10O4. The van der Waals surface area contributed by atoms with E-state index in [1.165, 1.54) is 4.80 Å². The van der Waals surface area contributed by atoms with Crippen LogP contribution in [0.5, 0.6) is 5.75 Å². The second kappa shape index (κ2) is 14.0. The van der Waals surface area contributed by atoms with Crippen LogP contribution in [-0.4, -0.2) is 84.8 Å². The molecule has 2 aliphatic heterocycles. The van der Waals surface area contributed by atoms with E-state index < -0.39 is 5.79 Å². The number of hydrogen-bond donors (Lipinski definition) is 0. The fourth-order valence-corrected chi connectivity index (χ4v) is 6.56. The number of fused-ring (bicyclic) bond motifs is 1. The van der Waals surface area contributed by atoms with Crippen molar-refractivity contribution in [1.29, 1.82) is 0 Å². The van der Waals surface area contributed by atoms with E-state index in [2.05, 4.69) is 61.3 Å². The van der Waals surface area contributed by atoms with Gasteiger partial charge >= 0.3 is 5.69 Å². The second-order valence-electron chi connectivity index (χ2n) is 12.9. The molecule has 14 heteroatoms. The van der Waals surface area contributed by atoms with Crippen LogP contribution < -0.4 is 20.2 Å². The molecule has 2 saturated heterocycles. The molecule has 0 radical (unpaired) electrons. The monoisotopic (exact) mass is 688 g/mol. The van der Waals surface area contributed by atoms with E-state index in [1.54, 1.807) is 34.2 Å². The van der Waals surface area contributed by atoms with Crippen LogP contribution >= 0.6 is 0 Å². The van der Waals surface area contributed by atoms with Gasteiger partial charge in [0, 0.05) is 37.6 Å². The predicted octanol–water partition coefficient (Wildman–Crippen LogP) is 4.21. The average Bonchev–Trinajstić information content (AvgIpc) is 3.95. The Morgan fingerprint density at radius 3 is 2.20 bits per heavy atom. The normalized spacial score (nSPS) is 19.8. The van der Waals surface area contributed by atoms with Gasteiger partial charge in [0.25, 0.3) is 0 Å². The van der Waals surface area contributed by atoms with Gasteiger partial charge in [0.2, 0.25) is 5.79 Å². The van der Waals surface area contributed by atoms with Crippen molar-refractivity contribution >= 4 is 22.4 Å². The van der Waals surface area contributed by atoms with Crippen molar-refractivity contribution in [3.63, 3.8) is 0 Å². The number of para-hydroxylation sites is 2. The molecule has 2 aliphatic rings. The number of benzene rings is 3.